The molecule has 0 amide bonds. The molecule has 8 rings (SSSR count). The number of nitrogens with one attached hydrogen (secondary N) is 2. The second kappa shape index (κ2) is 22.0. The molecule has 0 radical (unpaired) electrons. The summed E-state index contributed by atoms with van der Waals surface area (Å²) in [5.74, 6) is -1.38. The van der Waals surface area contributed by atoms with Gasteiger partial charge in [0.25, 0.3) is 16.7 Å². The van der Waals surface area contributed by atoms with Crippen LogP contribution in [0.15, 0.2) is 45.6 Å². The molecule has 0 saturated carbocycles. The average molecular weight is 1150 g/mol. The summed E-state index contributed by atoms with van der Waals surface area (Å²) >= 11 is 0. The van der Waals surface area contributed by atoms with Crippen molar-refractivity contribution in [1.82, 2.24) is 43.6 Å². The number of phosphoric acid groups is 4. The summed E-state index contributed by atoms with van der Waals surface area (Å²) in [6, 6.07) is 0.995. The average Bonchev–Trinajstić information content (AvgIpc) is 4.12. The van der Waals surface area contributed by atoms with Crippen LogP contribution in [0, 0.1) is 5.92 Å². The highest BCUT2D eigenvalue weighted by Crippen LogP contribution is 2.68. The fraction of sp³-hybridized carbons (Fsp3) is 0.588. The van der Waals surface area contributed by atoms with Gasteiger partial charge in [-0.2, -0.15) is 18.2 Å². The number of hydrogen-bond donors (Lipinski definition) is 10. The van der Waals surface area contributed by atoms with Crippen LogP contribution in [0.5, 0.6) is 0 Å². The van der Waals surface area contributed by atoms with E-state index in [1.165, 1.54) is 41.3 Å². The Kier molecular flexibility index (Phi) is 16.6. The third-order valence-electron chi connectivity index (χ3n) is 11.7. The molecule has 75 heavy (non-hydrogen) atoms. The summed E-state index contributed by atoms with van der Waals surface area (Å²) in [6.07, 6.45) is -11.9. The van der Waals surface area contributed by atoms with Crippen molar-refractivity contribution < 1.29 is 108 Å². The van der Waals surface area contributed by atoms with Gasteiger partial charge in [-0.25, -0.2) is 42.6 Å². The van der Waals surface area contributed by atoms with E-state index < -0.39 is 141 Å². The number of fused-ring (bicyclic) bond motifs is 2. The second-order valence-electron chi connectivity index (χ2n) is 16.5. The molecule has 41 heteroatoms. The van der Waals surface area contributed by atoms with Crippen molar-refractivity contribution in [1.29, 1.82) is 0 Å². The number of rotatable bonds is 22. The van der Waals surface area contributed by atoms with Crippen LogP contribution < -0.4 is 32.8 Å². The van der Waals surface area contributed by atoms with Crippen LogP contribution >= 0.6 is 31.3 Å². The molecular formula is C34H49N12O25P4+. The first kappa shape index (κ1) is 56.6. The van der Waals surface area contributed by atoms with Gasteiger partial charge in [0, 0.05) is 39.5 Å². The number of anilines is 2. The highest BCUT2D eigenvalue weighted by atomic mass is 31.3. The van der Waals surface area contributed by atoms with Crippen LogP contribution in [0.2, 0.25) is 0 Å². The Hall–Kier alpha value is -4.62. The highest BCUT2D eigenvalue weighted by Gasteiger charge is 2.54. The zero-order valence-corrected chi connectivity index (χ0v) is 42.7. The lowest BCUT2D eigenvalue weighted by Gasteiger charge is -2.26. The van der Waals surface area contributed by atoms with Gasteiger partial charge in [0.15, 0.2) is 23.9 Å². The molecule has 37 nitrogen and oxygen atoms in total. The normalized spacial score (nSPS) is 30.4. The molecule has 8 heterocycles. The Morgan fingerprint density at radius 1 is 0.707 bits per heavy atom. The molecule has 3 fully saturated rings. The van der Waals surface area contributed by atoms with E-state index in [0.717, 1.165) is 36.6 Å². The first-order valence-corrected chi connectivity index (χ1v) is 27.5. The van der Waals surface area contributed by atoms with Gasteiger partial charge >= 0.3 is 42.5 Å². The van der Waals surface area contributed by atoms with Crippen LogP contribution in [0.3, 0.4) is 0 Å². The quantitative estimate of drug-likeness (QED) is 0.0239. The lowest BCUT2D eigenvalue weighted by atomic mass is 9.99. The molecule has 0 spiro atoms. The van der Waals surface area contributed by atoms with Gasteiger partial charge in [-0.15, -0.1) is 0 Å². The maximum atomic E-state index is 13.7. The van der Waals surface area contributed by atoms with Crippen LogP contribution in [0.4, 0.5) is 11.8 Å². The zero-order valence-electron chi connectivity index (χ0n) is 39.1. The maximum absolute atomic E-state index is 13.7. The maximum Gasteiger partial charge on any atom is 0.490 e. The molecule has 0 bridgehead atoms. The molecule has 414 valence electrons. The van der Waals surface area contributed by atoms with Gasteiger partial charge in [-0.05, 0) is 0 Å². The second-order valence-corrected chi connectivity index (χ2v) is 22.6. The van der Waals surface area contributed by atoms with E-state index in [1.807, 2.05) is 4.98 Å². The van der Waals surface area contributed by atoms with Crippen molar-refractivity contribution in [2.45, 2.75) is 67.5 Å². The predicted octanol–water partition coefficient (Wildman–Crippen LogP) is -3.32. The number of phosphoric ester groups is 3. The Balaban J connectivity index is 0.943. The van der Waals surface area contributed by atoms with Gasteiger partial charge < -0.3 is 69.7 Å². The summed E-state index contributed by atoms with van der Waals surface area (Å²) in [5.41, 5.74) is 9.48. The highest BCUT2D eigenvalue weighted by molar-refractivity contribution is 7.66. The Bertz CT molecular complexity index is 3280. The number of nitrogens with zero attached hydrogens (tertiary/aromatic N) is 8. The lowest BCUT2D eigenvalue weighted by Crippen LogP contribution is -2.39. The minimum Gasteiger partial charge on any atom is -0.387 e. The number of nitrogen functional groups attached to an aromatic ring is 2. The number of aromatic nitrogens is 10. The summed E-state index contributed by atoms with van der Waals surface area (Å²) in [6.45, 7) is -3.37. The number of imidazole rings is 2. The summed E-state index contributed by atoms with van der Waals surface area (Å²) < 4.78 is 120. The molecule has 0 aromatic carbocycles. The van der Waals surface area contributed by atoms with E-state index in [1.54, 1.807) is 0 Å². The van der Waals surface area contributed by atoms with Crippen molar-refractivity contribution in [3.05, 3.63) is 62.4 Å². The zero-order chi connectivity index (χ0) is 54.5. The fourth-order valence-electron chi connectivity index (χ4n) is 8.51. The lowest BCUT2D eigenvalue weighted by molar-refractivity contribution is -0.646. The van der Waals surface area contributed by atoms with Gasteiger partial charge in [0.2, 0.25) is 18.5 Å². The number of methoxy groups -OCH3 is 3. The van der Waals surface area contributed by atoms with E-state index in [0.29, 0.717) is 0 Å². The molecule has 16 atom stereocenters. The molecule has 3 aliphatic rings. The van der Waals surface area contributed by atoms with Crippen LogP contribution in [0.1, 0.15) is 18.7 Å². The van der Waals surface area contributed by atoms with Gasteiger partial charge in [0.1, 0.15) is 54.6 Å². The SMILES string of the molecule is COC[C@H]1[C@@H](O)[C@H](n2c[n+](C)c3c(=O)[nH]c(N)nc32)O[C@@H]1COP(=O)(O)OP(=O)(O)OP(=O)(O)OCC1O[C@@H](n2cnc3c(N)ncnc32)[C@H](OC)[C@@H]1OP(=O)(O)OC[C@H]1O[C@@H](n2ccc(=O)[nH]c2=O)[C@H](OC)[C@@H]1O. The Labute approximate surface area is 418 Å². The molecule has 5 unspecified atom stereocenters. The first-order chi connectivity index (χ1) is 35.3. The van der Waals surface area contributed by atoms with Gasteiger partial charge in [-0.1, -0.05) is 0 Å². The van der Waals surface area contributed by atoms with Gasteiger partial charge in [0.05, 0.1) is 45.9 Å². The number of aromatic amines is 2. The Morgan fingerprint density at radius 2 is 1.32 bits per heavy atom. The predicted molar refractivity (Wildman–Crippen MR) is 242 cm³/mol. The van der Waals surface area contributed by atoms with E-state index >= 15 is 0 Å². The van der Waals surface area contributed by atoms with Crippen molar-refractivity contribution in [3.8, 4) is 0 Å². The molecule has 3 saturated heterocycles. The number of aliphatic hydroxyl groups is 2. The van der Waals surface area contributed by atoms with Crippen molar-refractivity contribution in [2.24, 2.45) is 13.0 Å². The number of aryl methyl sites for hydroxylation is 1. The third-order valence-corrected chi connectivity index (χ3v) is 17.0. The number of ether oxygens (including phenoxy) is 6. The van der Waals surface area contributed by atoms with Crippen LogP contribution in [-0.2, 0) is 80.4 Å². The van der Waals surface area contributed by atoms with Gasteiger partial charge in [-0.3, -0.25) is 46.8 Å². The smallest absolute Gasteiger partial charge is 0.387 e. The largest absolute Gasteiger partial charge is 0.490 e. The molecule has 3 aliphatic heterocycles. The molecular weight excluding hydrogens is 1100 g/mol. The summed E-state index contributed by atoms with van der Waals surface area (Å²) in [5, 5.41) is 22.2. The van der Waals surface area contributed by atoms with E-state index in [9.17, 15) is 62.4 Å². The molecule has 5 aromatic heterocycles. The number of H-pyrrole nitrogens is 2. The van der Waals surface area contributed by atoms with E-state index in [2.05, 4.69) is 33.5 Å². The first-order valence-electron chi connectivity index (χ1n) is 21.5. The minimum atomic E-state index is -6.17. The van der Waals surface area contributed by atoms with Crippen molar-refractivity contribution in [2.75, 3.05) is 59.2 Å². The fourth-order valence-corrected chi connectivity index (χ4v) is 13.0. The van der Waals surface area contributed by atoms with Crippen molar-refractivity contribution in [3.63, 3.8) is 0 Å². The molecule has 0 aliphatic carbocycles. The molecule has 5 aromatic rings. The van der Waals surface area contributed by atoms with E-state index in [4.69, 9.17) is 58.0 Å². The Morgan fingerprint density at radius 3 is 1.97 bits per heavy atom. The topological polar surface area (TPSA) is 505 Å². The summed E-state index contributed by atoms with van der Waals surface area (Å²) in [7, 11) is -18.3. The number of hydrogen-bond acceptors (Lipinski definition) is 27. The summed E-state index contributed by atoms with van der Waals surface area (Å²) in [4.78, 5) is 100.0. The minimum absolute atomic E-state index is 0.0177. The standard InChI is InChI=1S/C34H48N12O25P4/c1-43-13-46(28-20(43)29(50)42-33(36)41-28)30-21(48)14(7-60-2)15(66-30)8-64-73(54,55)70-75(58,59)71-74(56,57)65-10-17-23(25(62-4)32(68-17)45-12-39-19-26(35)37-11-38-27(19)45)69-72(52,53)63-9-16-22(49)24(61-3)31(67-16)44-6-5-18(47)40-34(44)51/h5-6,11-17,21-25,30-32,48-49H,7-10H2,1-4H3,(H9-,35,36,37,38,40,41,42,47,50,51,52,53,54,55,56,57,58,59)/p+1/t14-,15-,16-,17?,21-,22-,23-,24-,25-,30-,31-,32-/m1/s1. The van der Waals surface area contributed by atoms with Crippen LogP contribution in [-0.4, -0.2) is 170 Å². The molecule has 12 N–H and O–H groups in total. The van der Waals surface area contributed by atoms with Crippen molar-refractivity contribution >= 4 is 65.4 Å². The number of nitrogens with two attached hydrogens (primary N) is 2. The monoisotopic (exact) mass is 1150 g/mol. The van der Waals surface area contributed by atoms with E-state index in [-0.39, 0.29) is 40.7 Å². The third kappa shape index (κ3) is 12.1. The van der Waals surface area contributed by atoms with Crippen LogP contribution in [0.25, 0.3) is 22.3 Å². The number of aliphatic hydroxyl groups excluding tert-OH is 2.